The zero-order chi connectivity index (χ0) is 18.1. The minimum Gasteiger partial charge on any atom is -0.332 e. The van der Waals surface area contributed by atoms with Gasteiger partial charge in [-0.2, -0.15) is 0 Å². The van der Waals surface area contributed by atoms with Gasteiger partial charge in [0, 0.05) is 24.8 Å². The van der Waals surface area contributed by atoms with E-state index in [2.05, 4.69) is 39.0 Å². The molecule has 1 saturated heterocycles. The van der Waals surface area contributed by atoms with E-state index in [1.807, 2.05) is 26.4 Å². The average molecular weight is 349 g/mol. The molecule has 136 valence electrons. The number of aryl methyl sites for hydroxylation is 2. The quantitative estimate of drug-likeness (QED) is 0.846. The van der Waals surface area contributed by atoms with E-state index in [1.165, 1.54) is 23.1 Å². The maximum atomic E-state index is 13.2. The number of carbonyl (C=O) groups is 1. The number of fused-ring (bicyclic) bond motifs is 1. The smallest absolute Gasteiger partial charge is 0.254 e. The van der Waals surface area contributed by atoms with Gasteiger partial charge in [0.15, 0.2) is 0 Å². The lowest BCUT2D eigenvalue weighted by Gasteiger charge is -2.26. The third-order valence-electron chi connectivity index (χ3n) is 5.56. The standard InChI is InChI=1S/C22H27N3O/c1-24(2)15-20-14-18(10-11-23-20)21-7-4-12-25(21)22(26)19-9-8-16-5-3-6-17(16)13-19/h8-11,13-14,21H,3-7,12,15H2,1-2H3/t21-/m0/s1. The van der Waals surface area contributed by atoms with E-state index >= 15 is 0 Å². The van der Waals surface area contributed by atoms with E-state index in [0.717, 1.165) is 50.0 Å². The maximum Gasteiger partial charge on any atom is 0.254 e. The van der Waals surface area contributed by atoms with Crippen LogP contribution in [0.15, 0.2) is 36.5 Å². The number of benzene rings is 1. The van der Waals surface area contributed by atoms with Crippen LogP contribution >= 0.6 is 0 Å². The summed E-state index contributed by atoms with van der Waals surface area (Å²) < 4.78 is 0. The van der Waals surface area contributed by atoms with Crippen molar-refractivity contribution in [1.29, 1.82) is 0 Å². The average Bonchev–Trinajstić information content (AvgIpc) is 3.29. The molecule has 2 heterocycles. The number of nitrogens with zero attached hydrogens (tertiary/aromatic N) is 3. The third-order valence-corrected chi connectivity index (χ3v) is 5.56. The lowest BCUT2D eigenvalue weighted by molar-refractivity contribution is 0.0735. The molecule has 1 amide bonds. The largest absolute Gasteiger partial charge is 0.332 e. The fraction of sp³-hybridized carbons (Fsp3) is 0.455. The van der Waals surface area contributed by atoms with Crippen LogP contribution in [0, 0.1) is 0 Å². The lowest BCUT2D eigenvalue weighted by Crippen LogP contribution is -2.30. The molecule has 0 radical (unpaired) electrons. The van der Waals surface area contributed by atoms with Crippen molar-refractivity contribution in [3.63, 3.8) is 0 Å². The Morgan fingerprint density at radius 2 is 2.00 bits per heavy atom. The third kappa shape index (κ3) is 3.38. The van der Waals surface area contributed by atoms with Gasteiger partial charge < -0.3 is 9.80 Å². The highest BCUT2D eigenvalue weighted by Crippen LogP contribution is 2.34. The number of aromatic nitrogens is 1. The van der Waals surface area contributed by atoms with Gasteiger partial charge in [-0.15, -0.1) is 0 Å². The van der Waals surface area contributed by atoms with E-state index in [0.29, 0.717) is 0 Å². The van der Waals surface area contributed by atoms with Crippen molar-refractivity contribution in [3.8, 4) is 0 Å². The predicted octanol–water partition coefficient (Wildman–Crippen LogP) is 3.61. The Bertz CT molecular complexity index is 815. The molecule has 4 rings (SSSR count). The Labute approximate surface area is 155 Å². The summed E-state index contributed by atoms with van der Waals surface area (Å²) >= 11 is 0. The monoisotopic (exact) mass is 349 g/mol. The van der Waals surface area contributed by atoms with Crippen LogP contribution in [-0.2, 0) is 19.4 Å². The van der Waals surface area contributed by atoms with Gasteiger partial charge >= 0.3 is 0 Å². The summed E-state index contributed by atoms with van der Waals surface area (Å²) in [7, 11) is 4.10. The van der Waals surface area contributed by atoms with Gasteiger partial charge in [0.1, 0.15) is 0 Å². The zero-order valence-corrected chi connectivity index (χ0v) is 15.7. The van der Waals surface area contributed by atoms with Crippen molar-refractivity contribution in [2.45, 2.75) is 44.7 Å². The summed E-state index contributed by atoms with van der Waals surface area (Å²) in [4.78, 5) is 21.8. The summed E-state index contributed by atoms with van der Waals surface area (Å²) in [5.74, 6) is 0.174. The molecule has 0 spiro atoms. The van der Waals surface area contributed by atoms with Crippen molar-refractivity contribution in [3.05, 3.63) is 64.5 Å². The molecule has 1 atom stereocenters. The van der Waals surface area contributed by atoms with Crippen molar-refractivity contribution < 1.29 is 4.79 Å². The van der Waals surface area contributed by atoms with E-state index < -0.39 is 0 Å². The summed E-state index contributed by atoms with van der Waals surface area (Å²) in [6.45, 7) is 1.66. The minimum absolute atomic E-state index is 0.166. The van der Waals surface area contributed by atoms with Gasteiger partial charge in [0.05, 0.1) is 11.7 Å². The molecule has 1 aromatic heterocycles. The zero-order valence-electron chi connectivity index (χ0n) is 15.7. The molecule has 1 fully saturated rings. The second-order valence-corrected chi connectivity index (χ2v) is 7.81. The molecule has 0 unspecified atom stereocenters. The Balaban J connectivity index is 1.57. The fourth-order valence-corrected chi connectivity index (χ4v) is 4.34. The van der Waals surface area contributed by atoms with Gasteiger partial charge in [-0.05, 0) is 87.2 Å². The maximum absolute atomic E-state index is 13.2. The van der Waals surface area contributed by atoms with E-state index in [9.17, 15) is 4.79 Å². The lowest BCUT2D eigenvalue weighted by atomic mass is 10.0. The van der Waals surface area contributed by atoms with Gasteiger partial charge in [-0.3, -0.25) is 9.78 Å². The number of rotatable bonds is 4. The number of hydrogen-bond acceptors (Lipinski definition) is 3. The number of likely N-dealkylation sites (tertiary alicyclic amines) is 1. The van der Waals surface area contributed by atoms with Crippen LogP contribution in [-0.4, -0.2) is 41.3 Å². The minimum atomic E-state index is 0.166. The number of carbonyl (C=O) groups excluding carboxylic acids is 1. The molecule has 0 bridgehead atoms. The number of hydrogen-bond donors (Lipinski definition) is 0. The Morgan fingerprint density at radius 3 is 2.85 bits per heavy atom. The Morgan fingerprint density at radius 1 is 1.15 bits per heavy atom. The Hall–Kier alpha value is -2.20. The summed E-state index contributed by atoms with van der Waals surface area (Å²) in [6, 6.07) is 10.7. The normalized spacial score (nSPS) is 19.2. The molecule has 1 aliphatic carbocycles. The second-order valence-electron chi connectivity index (χ2n) is 7.81. The molecular weight excluding hydrogens is 322 g/mol. The van der Waals surface area contributed by atoms with E-state index in [4.69, 9.17) is 0 Å². The molecular formula is C22H27N3O. The summed E-state index contributed by atoms with van der Waals surface area (Å²) in [5.41, 5.74) is 5.90. The fourth-order valence-electron chi connectivity index (χ4n) is 4.34. The SMILES string of the molecule is CN(C)Cc1cc([C@@H]2CCCN2C(=O)c2ccc3c(c2)CCC3)ccn1. The molecule has 2 aliphatic rings. The highest BCUT2D eigenvalue weighted by Gasteiger charge is 2.31. The molecule has 0 N–H and O–H groups in total. The second kappa shape index (κ2) is 7.20. The molecule has 2 aromatic rings. The van der Waals surface area contributed by atoms with E-state index in [1.54, 1.807) is 0 Å². The first kappa shape index (κ1) is 17.2. The summed E-state index contributed by atoms with van der Waals surface area (Å²) in [6.07, 6.45) is 7.45. The van der Waals surface area contributed by atoms with Crippen molar-refractivity contribution in [2.75, 3.05) is 20.6 Å². The van der Waals surface area contributed by atoms with Crippen LogP contribution in [0.2, 0.25) is 0 Å². The van der Waals surface area contributed by atoms with Crippen molar-refractivity contribution >= 4 is 5.91 Å². The topological polar surface area (TPSA) is 36.4 Å². The number of pyridine rings is 1. The predicted molar refractivity (Wildman–Crippen MR) is 103 cm³/mol. The van der Waals surface area contributed by atoms with Gasteiger partial charge in [-0.25, -0.2) is 0 Å². The van der Waals surface area contributed by atoms with Crippen LogP contribution in [0.1, 0.15) is 58.0 Å². The first-order valence-corrected chi connectivity index (χ1v) is 9.64. The van der Waals surface area contributed by atoms with Gasteiger partial charge in [-0.1, -0.05) is 6.07 Å². The first-order chi connectivity index (χ1) is 12.6. The van der Waals surface area contributed by atoms with Crippen LogP contribution < -0.4 is 0 Å². The molecule has 0 saturated carbocycles. The highest BCUT2D eigenvalue weighted by molar-refractivity contribution is 5.95. The first-order valence-electron chi connectivity index (χ1n) is 9.64. The van der Waals surface area contributed by atoms with Gasteiger partial charge in [0.25, 0.3) is 5.91 Å². The van der Waals surface area contributed by atoms with Crippen LogP contribution in [0.5, 0.6) is 0 Å². The molecule has 4 nitrogen and oxygen atoms in total. The molecule has 4 heteroatoms. The molecule has 1 aromatic carbocycles. The molecule has 1 aliphatic heterocycles. The van der Waals surface area contributed by atoms with Crippen LogP contribution in [0.4, 0.5) is 0 Å². The summed E-state index contributed by atoms with van der Waals surface area (Å²) in [5, 5.41) is 0. The van der Waals surface area contributed by atoms with Crippen molar-refractivity contribution in [1.82, 2.24) is 14.8 Å². The van der Waals surface area contributed by atoms with Crippen molar-refractivity contribution in [2.24, 2.45) is 0 Å². The Kier molecular flexibility index (Phi) is 4.77. The van der Waals surface area contributed by atoms with Crippen LogP contribution in [0.3, 0.4) is 0 Å². The van der Waals surface area contributed by atoms with Gasteiger partial charge in [0.2, 0.25) is 0 Å². The van der Waals surface area contributed by atoms with Crippen LogP contribution in [0.25, 0.3) is 0 Å². The number of amides is 1. The van der Waals surface area contributed by atoms with E-state index in [-0.39, 0.29) is 11.9 Å². The molecule has 26 heavy (non-hydrogen) atoms. The highest BCUT2D eigenvalue weighted by atomic mass is 16.2.